The van der Waals surface area contributed by atoms with E-state index >= 15 is 0 Å². The summed E-state index contributed by atoms with van der Waals surface area (Å²) in [5.41, 5.74) is 1.24. The molecule has 0 spiro atoms. The van der Waals surface area contributed by atoms with Crippen molar-refractivity contribution in [2.75, 3.05) is 26.9 Å². The van der Waals surface area contributed by atoms with Crippen molar-refractivity contribution >= 4 is 0 Å². The molecule has 0 radical (unpaired) electrons. The van der Waals surface area contributed by atoms with Crippen molar-refractivity contribution in [2.45, 2.75) is 25.6 Å². The molecule has 1 aliphatic heterocycles. The molecule has 3 atom stereocenters. The molecule has 0 bridgehead atoms. The van der Waals surface area contributed by atoms with E-state index in [1.165, 1.54) is 5.56 Å². The Balaban J connectivity index is 1.63. The van der Waals surface area contributed by atoms with Gasteiger partial charge in [0.2, 0.25) is 0 Å². The minimum Gasteiger partial charge on any atom is -0.383 e. The van der Waals surface area contributed by atoms with E-state index in [1.807, 2.05) is 18.2 Å². The van der Waals surface area contributed by atoms with E-state index < -0.39 is 0 Å². The Morgan fingerprint density at radius 2 is 2.00 bits per heavy atom. The summed E-state index contributed by atoms with van der Waals surface area (Å²) in [6.45, 7) is 5.59. The van der Waals surface area contributed by atoms with Crippen LogP contribution in [-0.2, 0) is 16.1 Å². The molecule has 1 fully saturated rings. The van der Waals surface area contributed by atoms with Crippen LogP contribution in [0.4, 0.5) is 0 Å². The van der Waals surface area contributed by atoms with E-state index in [-0.39, 0.29) is 0 Å². The van der Waals surface area contributed by atoms with Crippen LogP contribution in [0.25, 0.3) is 0 Å². The first kappa shape index (κ1) is 12.6. The fourth-order valence-electron chi connectivity index (χ4n) is 2.15. The van der Waals surface area contributed by atoms with Gasteiger partial charge in [0.1, 0.15) is 0 Å². The zero-order chi connectivity index (χ0) is 12.1. The highest BCUT2D eigenvalue weighted by molar-refractivity contribution is 5.13. The number of ether oxygens (including phenoxy) is 2. The zero-order valence-electron chi connectivity index (χ0n) is 10.6. The molecule has 1 aromatic rings. The third-order valence-corrected chi connectivity index (χ3v) is 3.37. The van der Waals surface area contributed by atoms with Crippen LogP contribution < -0.4 is 0 Å². The van der Waals surface area contributed by atoms with Gasteiger partial charge in [-0.25, -0.2) is 0 Å². The molecule has 0 saturated carbocycles. The summed E-state index contributed by atoms with van der Waals surface area (Å²) in [5.74, 6) is 0. The van der Waals surface area contributed by atoms with Crippen LogP contribution in [0.15, 0.2) is 30.3 Å². The monoisotopic (exact) mass is 235 g/mol. The van der Waals surface area contributed by atoms with Crippen LogP contribution in [0.2, 0.25) is 0 Å². The zero-order valence-corrected chi connectivity index (χ0v) is 10.6. The number of rotatable bonds is 7. The van der Waals surface area contributed by atoms with Crippen LogP contribution >= 0.6 is 0 Å². The van der Waals surface area contributed by atoms with Crippen molar-refractivity contribution in [3.8, 4) is 0 Å². The minimum absolute atomic E-state index is 0.578. The highest BCUT2D eigenvalue weighted by Gasteiger charge is 2.42. The first-order valence-corrected chi connectivity index (χ1v) is 6.19. The number of hydrogen-bond donors (Lipinski definition) is 0. The molecule has 94 valence electrons. The second kappa shape index (κ2) is 6.15. The lowest BCUT2D eigenvalue weighted by molar-refractivity contribution is 0.110. The SMILES string of the molecule is COCCN1C(C)[C@H]1COCc1ccccc1. The van der Waals surface area contributed by atoms with E-state index in [0.717, 1.165) is 19.8 Å². The maximum absolute atomic E-state index is 5.74. The van der Waals surface area contributed by atoms with Crippen molar-refractivity contribution in [1.29, 1.82) is 0 Å². The predicted octanol–water partition coefficient (Wildman–Crippen LogP) is 1.92. The largest absolute Gasteiger partial charge is 0.383 e. The van der Waals surface area contributed by atoms with Crippen molar-refractivity contribution in [3.63, 3.8) is 0 Å². The summed E-state index contributed by atoms with van der Waals surface area (Å²) in [4.78, 5) is 2.41. The lowest BCUT2D eigenvalue weighted by atomic mass is 10.2. The average molecular weight is 235 g/mol. The lowest BCUT2D eigenvalue weighted by Crippen LogP contribution is -2.13. The Morgan fingerprint density at radius 3 is 2.71 bits per heavy atom. The van der Waals surface area contributed by atoms with Crippen molar-refractivity contribution in [3.05, 3.63) is 35.9 Å². The van der Waals surface area contributed by atoms with E-state index in [4.69, 9.17) is 9.47 Å². The third-order valence-electron chi connectivity index (χ3n) is 3.37. The van der Waals surface area contributed by atoms with Crippen molar-refractivity contribution in [1.82, 2.24) is 4.90 Å². The summed E-state index contributed by atoms with van der Waals surface area (Å²) >= 11 is 0. The molecule has 1 aromatic carbocycles. The Bertz CT molecular complexity index is 328. The smallest absolute Gasteiger partial charge is 0.0717 e. The average Bonchev–Trinajstić information content (AvgIpc) is 2.98. The molecule has 2 rings (SSSR count). The van der Waals surface area contributed by atoms with Crippen molar-refractivity contribution in [2.24, 2.45) is 0 Å². The molecule has 0 amide bonds. The molecule has 1 heterocycles. The summed E-state index contributed by atoms with van der Waals surface area (Å²) in [6.07, 6.45) is 0. The standard InChI is InChI=1S/C14H21NO2/c1-12-14(15(12)8-9-16-2)11-17-10-13-6-4-3-5-7-13/h3-7,12,14H,8-11H2,1-2H3/t12?,14-,15?/m1/s1. The molecule has 3 nitrogen and oxygen atoms in total. The molecule has 1 saturated heterocycles. The normalized spacial score (nSPS) is 27.1. The topological polar surface area (TPSA) is 21.5 Å². The quantitative estimate of drug-likeness (QED) is 0.674. The molecule has 3 heteroatoms. The maximum atomic E-state index is 5.74. The molecule has 17 heavy (non-hydrogen) atoms. The second-order valence-corrected chi connectivity index (χ2v) is 4.54. The van der Waals surface area contributed by atoms with E-state index in [2.05, 4.69) is 24.0 Å². The Hall–Kier alpha value is -0.900. The minimum atomic E-state index is 0.578. The molecule has 0 N–H and O–H groups in total. The van der Waals surface area contributed by atoms with Gasteiger partial charge >= 0.3 is 0 Å². The highest BCUT2D eigenvalue weighted by Crippen LogP contribution is 2.27. The van der Waals surface area contributed by atoms with Crippen LogP contribution in [-0.4, -0.2) is 43.9 Å². The molecule has 1 aliphatic rings. The van der Waals surface area contributed by atoms with Crippen LogP contribution in [0.3, 0.4) is 0 Å². The third kappa shape index (κ3) is 3.53. The Labute approximate surface area is 103 Å². The second-order valence-electron chi connectivity index (χ2n) is 4.54. The number of nitrogens with zero attached hydrogens (tertiary/aromatic N) is 1. The summed E-state index contributed by atoms with van der Waals surface area (Å²) < 4.78 is 10.8. The van der Waals surface area contributed by atoms with Crippen LogP contribution in [0, 0.1) is 0 Å². The first-order valence-electron chi connectivity index (χ1n) is 6.19. The lowest BCUT2D eigenvalue weighted by Gasteiger charge is -2.04. The number of benzene rings is 1. The predicted molar refractivity (Wildman–Crippen MR) is 67.9 cm³/mol. The van der Waals surface area contributed by atoms with Gasteiger partial charge in [-0.15, -0.1) is 0 Å². The van der Waals surface area contributed by atoms with Gasteiger partial charge in [-0.2, -0.15) is 0 Å². The van der Waals surface area contributed by atoms with E-state index in [1.54, 1.807) is 7.11 Å². The fraction of sp³-hybridized carbons (Fsp3) is 0.571. The highest BCUT2D eigenvalue weighted by atomic mass is 16.5. The van der Waals surface area contributed by atoms with Gasteiger partial charge in [0.15, 0.2) is 0 Å². The molecule has 0 aliphatic carbocycles. The summed E-state index contributed by atoms with van der Waals surface area (Å²) in [6, 6.07) is 11.5. The fourth-order valence-corrected chi connectivity index (χ4v) is 2.15. The van der Waals surface area contributed by atoms with Gasteiger partial charge in [-0.1, -0.05) is 30.3 Å². The van der Waals surface area contributed by atoms with Crippen molar-refractivity contribution < 1.29 is 9.47 Å². The summed E-state index contributed by atoms with van der Waals surface area (Å²) in [7, 11) is 1.75. The van der Waals surface area contributed by atoms with Crippen LogP contribution in [0.5, 0.6) is 0 Å². The van der Waals surface area contributed by atoms with Gasteiger partial charge < -0.3 is 9.47 Å². The summed E-state index contributed by atoms with van der Waals surface area (Å²) in [5, 5.41) is 0. The Morgan fingerprint density at radius 1 is 1.24 bits per heavy atom. The van der Waals surface area contributed by atoms with E-state index in [9.17, 15) is 0 Å². The molecule has 0 aromatic heterocycles. The number of hydrogen-bond acceptors (Lipinski definition) is 3. The van der Waals surface area contributed by atoms with Gasteiger partial charge in [0.25, 0.3) is 0 Å². The Kier molecular flexibility index (Phi) is 4.54. The van der Waals surface area contributed by atoms with Gasteiger partial charge in [-0.3, -0.25) is 4.90 Å². The first-order chi connectivity index (χ1) is 8.33. The van der Waals surface area contributed by atoms with E-state index in [0.29, 0.717) is 18.7 Å². The van der Waals surface area contributed by atoms with Crippen LogP contribution in [0.1, 0.15) is 12.5 Å². The maximum Gasteiger partial charge on any atom is 0.0717 e. The molecule has 2 unspecified atom stereocenters. The molecular weight excluding hydrogens is 214 g/mol. The van der Waals surface area contributed by atoms with Gasteiger partial charge in [-0.05, 0) is 12.5 Å². The molecular formula is C14H21NO2. The van der Waals surface area contributed by atoms with Gasteiger partial charge in [0.05, 0.1) is 19.8 Å². The number of methoxy groups -OCH3 is 1. The van der Waals surface area contributed by atoms with Gasteiger partial charge in [0, 0.05) is 25.7 Å².